The molecule has 190 valence electrons. The van der Waals surface area contributed by atoms with Crippen molar-refractivity contribution in [2.75, 3.05) is 11.4 Å². The number of unbranched alkanes of at least 4 members (excludes halogenated alkanes) is 2. The summed E-state index contributed by atoms with van der Waals surface area (Å²) in [6, 6.07) is 8.22. The van der Waals surface area contributed by atoms with E-state index in [9.17, 15) is 4.79 Å². The molecule has 7 nitrogen and oxygen atoms in total. The highest BCUT2D eigenvalue weighted by Gasteiger charge is 2.30. The zero-order valence-electron chi connectivity index (χ0n) is 21.0. The Labute approximate surface area is 212 Å². The molecule has 3 aliphatic rings. The Morgan fingerprint density at radius 2 is 1.81 bits per heavy atom. The molecule has 0 N–H and O–H groups in total. The van der Waals surface area contributed by atoms with E-state index in [0.29, 0.717) is 11.8 Å². The average Bonchev–Trinajstić information content (AvgIpc) is 3.86. The second kappa shape index (κ2) is 10.6. The minimum absolute atomic E-state index is 0.133. The molecule has 2 heterocycles. The summed E-state index contributed by atoms with van der Waals surface area (Å²) in [5.41, 5.74) is 1.94. The van der Waals surface area contributed by atoms with Gasteiger partial charge in [0.15, 0.2) is 17.5 Å². The maximum Gasteiger partial charge on any atom is 0.230 e. The monoisotopic (exact) mass is 488 g/mol. The molecular weight excluding hydrogens is 452 g/mol. The average molecular weight is 489 g/mol. The van der Waals surface area contributed by atoms with Gasteiger partial charge in [0.2, 0.25) is 11.8 Å². The summed E-state index contributed by atoms with van der Waals surface area (Å²) in [5.74, 6) is 4.67. The molecule has 0 bridgehead atoms. The molecule has 7 heteroatoms. The van der Waals surface area contributed by atoms with Crippen molar-refractivity contribution in [2.45, 2.75) is 95.3 Å². The van der Waals surface area contributed by atoms with E-state index in [-0.39, 0.29) is 11.8 Å². The van der Waals surface area contributed by atoms with E-state index in [0.717, 1.165) is 105 Å². The predicted molar refractivity (Wildman–Crippen MR) is 137 cm³/mol. The molecule has 1 aromatic carbocycles. The highest BCUT2D eigenvalue weighted by atomic mass is 16.5. The van der Waals surface area contributed by atoms with Crippen LogP contribution in [-0.2, 0) is 11.2 Å². The second-order valence-corrected chi connectivity index (χ2v) is 10.8. The summed E-state index contributed by atoms with van der Waals surface area (Å²) >= 11 is 0. The largest absolute Gasteiger partial charge is 0.440 e. The van der Waals surface area contributed by atoms with Gasteiger partial charge in [0.25, 0.3) is 0 Å². The van der Waals surface area contributed by atoms with Crippen LogP contribution in [0.3, 0.4) is 0 Å². The lowest BCUT2D eigenvalue weighted by molar-refractivity contribution is -0.123. The van der Waals surface area contributed by atoms with E-state index in [1.807, 2.05) is 23.2 Å². The van der Waals surface area contributed by atoms with Crippen LogP contribution < -0.4 is 4.90 Å². The van der Waals surface area contributed by atoms with Crippen LogP contribution in [0.25, 0.3) is 11.3 Å². The Morgan fingerprint density at radius 3 is 2.61 bits per heavy atom. The lowest BCUT2D eigenvalue weighted by Gasteiger charge is -2.30. The normalized spacial score (nSPS) is 18.4. The Balaban J connectivity index is 1.11. The number of carbonyl (C=O) groups is 1. The number of benzene rings is 1. The molecule has 0 atom stereocenters. The van der Waals surface area contributed by atoms with E-state index in [1.165, 1.54) is 19.3 Å². The number of amides is 1. The van der Waals surface area contributed by atoms with Crippen LogP contribution in [0.15, 0.2) is 39.4 Å². The van der Waals surface area contributed by atoms with Crippen LogP contribution in [0, 0.1) is 5.92 Å². The Morgan fingerprint density at radius 1 is 0.972 bits per heavy atom. The number of rotatable bonds is 11. The molecule has 36 heavy (non-hydrogen) atoms. The van der Waals surface area contributed by atoms with E-state index >= 15 is 0 Å². The smallest absolute Gasteiger partial charge is 0.230 e. The topological polar surface area (TPSA) is 85.3 Å². The molecule has 3 aromatic rings. The van der Waals surface area contributed by atoms with Crippen molar-refractivity contribution in [3.63, 3.8) is 0 Å². The van der Waals surface area contributed by atoms with Crippen molar-refractivity contribution in [1.82, 2.24) is 15.1 Å². The second-order valence-electron chi connectivity index (χ2n) is 10.8. The van der Waals surface area contributed by atoms with E-state index in [4.69, 9.17) is 8.94 Å². The van der Waals surface area contributed by atoms with Gasteiger partial charge in [0, 0.05) is 42.0 Å². The molecule has 0 aliphatic heterocycles. The van der Waals surface area contributed by atoms with E-state index in [1.54, 1.807) is 0 Å². The number of nitrogens with zero attached hydrogens (tertiary/aromatic N) is 4. The van der Waals surface area contributed by atoms with Gasteiger partial charge in [0.1, 0.15) is 0 Å². The summed E-state index contributed by atoms with van der Waals surface area (Å²) in [6.45, 7) is 0.722. The highest BCUT2D eigenvalue weighted by Crippen LogP contribution is 2.41. The minimum Gasteiger partial charge on any atom is -0.440 e. The van der Waals surface area contributed by atoms with Crippen molar-refractivity contribution in [2.24, 2.45) is 5.92 Å². The van der Waals surface area contributed by atoms with Crippen LogP contribution in [0.1, 0.15) is 106 Å². The molecule has 3 fully saturated rings. The van der Waals surface area contributed by atoms with Crippen LogP contribution in [0.4, 0.5) is 5.69 Å². The zero-order chi connectivity index (χ0) is 24.3. The number of aromatic nitrogens is 3. The molecule has 2 aromatic heterocycles. The van der Waals surface area contributed by atoms with Gasteiger partial charge >= 0.3 is 0 Å². The van der Waals surface area contributed by atoms with Crippen LogP contribution in [0.2, 0.25) is 0 Å². The summed E-state index contributed by atoms with van der Waals surface area (Å²) in [6.07, 6.45) is 15.8. The minimum atomic E-state index is 0.133. The van der Waals surface area contributed by atoms with Gasteiger partial charge in [-0.2, -0.15) is 4.98 Å². The fourth-order valence-corrected chi connectivity index (χ4v) is 5.30. The first-order valence-corrected chi connectivity index (χ1v) is 13.9. The first kappa shape index (κ1) is 23.4. The molecule has 3 saturated carbocycles. The molecule has 0 radical (unpaired) electrons. The summed E-state index contributed by atoms with van der Waals surface area (Å²) in [4.78, 5) is 24.7. The number of hydrogen-bond donors (Lipinski definition) is 0. The van der Waals surface area contributed by atoms with Crippen LogP contribution in [-0.4, -0.2) is 27.6 Å². The molecule has 0 unspecified atom stereocenters. The number of aryl methyl sites for hydroxylation is 1. The van der Waals surface area contributed by atoms with E-state index < -0.39 is 0 Å². The van der Waals surface area contributed by atoms with Crippen molar-refractivity contribution in [3.05, 3.63) is 48.1 Å². The summed E-state index contributed by atoms with van der Waals surface area (Å²) in [5, 5.41) is 4.12. The number of anilines is 1. The molecule has 0 saturated heterocycles. The van der Waals surface area contributed by atoms with Gasteiger partial charge in [0.05, 0.1) is 6.20 Å². The summed E-state index contributed by atoms with van der Waals surface area (Å²) < 4.78 is 11.5. The summed E-state index contributed by atoms with van der Waals surface area (Å²) in [7, 11) is 0. The zero-order valence-corrected chi connectivity index (χ0v) is 21.0. The lowest BCUT2D eigenvalue weighted by atomic mass is 9.88. The van der Waals surface area contributed by atoms with Gasteiger partial charge < -0.3 is 13.8 Å². The predicted octanol–water partition coefficient (Wildman–Crippen LogP) is 6.81. The molecule has 1 amide bonds. The van der Waals surface area contributed by atoms with E-state index in [2.05, 4.69) is 27.3 Å². The van der Waals surface area contributed by atoms with Crippen LogP contribution in [0.5, 0.6) is 0 Å². The maximum atomic E-state index is 13.7. The number of hydrogen-bond acceptors (Lipinski definition) is 6. The van der Waals surface area contributed by atoms with Gasteiger partial charge in [-0.05, 0) is 63.5 Å². The van der Waals surface area contributed by atoms with Crippen molar-refractivity contribution in [3.8, 4) is 11.3 Å². The van der Waals surface area contributed by atoms with Gasteiger partial charge in [-0.15, -0.1) is 0 Å². The van der Waals surface area contributed by atoms with Crippen LogP contribution >= 0.6 is 0 Å². The van der Waals surface area contributed by atoms with Gasteiger partial charge in [-0.3, -0.25) is 4.79 Å². The Bertz CT molecular complexity index is 1170. The lowest BCUT2D eigenvalue weighted by Crippen LogP contribution is -2.38. The quantitative estimate of drug-likeness (QED) is 0.276. The highest BCUT2D eigenvalue weighted by molar-refractivity contribution is 5.95. The first-order valence-electron chi connectivity index (χ1n) is 13.9. The SMILES string of the molecule is O=C(C1CCCCC1)N(CCCCCc1nc(C2CC2)no1)c1cccc(-c2cnc(C3CC3)o2)c1. The van der Waals surface area contributed by atoms with Gasteiger partial charge in [-0.25, -0.2) is 4.98 Å². The number of oxazole rings is 1. The first-order chi connectivity index (χ1) is 17.7. The molecule has 0 spiro atoms. The third-order valence-electron chi connectivity index (χ3n) is 7.81. The van der Waals surface area contributed by atoms with Crippen molar-refractivity contribution >= 4 is 11.6 Å². The molecule has 3 aliphatic carbocycles. The third-order valence-corrected chi connectivity index (χ3v) is 7.81. The Hall–Kier alpha value is -2.96. The Kier molecular flexibility index (Phi) is 6.88. The maximum absolute atomic E-state index is 13.7. The fraction of sp³-hybridized carbons (Fsp3) is 0.586. The fourth-order valence-electron chi connectivity index (χ4n) is 5.30. The third kappa shape index (κ3) is 5.55. The number of carbonyl (C=O) groups excluding carboxylic acids is 1. The standard InChI is InChI=1S/C29H36N4O3/c34-29(22-8-3-1-4-9-22)33(17-6-2-5-12-26-31-27(32-36-26)20-13-14-20)24-11-7-10-23(18-24)25-19-30-28(35-25)21-15-16-21/h7,10-11,18-22H,1-6,8-9,12-17H2. The molecular formula is C29H36N4O3. The van der Waals surface area contributed by atoms with Crippen molar-refractivity contribution < 1.29 is 13.7 Å². The molecule has 6 rings (SSSR count). The van der Waals surface area contributed by atoms with Crippen molar-refractivity contribution in [1.29, 1.82) is 0 Å². The van der Waals surface area contributed by atoms with Gasteiger partial charge in [-0.1, -0.05) is 43.0 Å².